The van der Waals surface area contributed by atoms with Crippen molar-refractivity contribution in [2.24, 2.45) is 0 Å². The first-order valence-electron chi connectivity index (χ1n) is 8.70. The Morgan fingerprint density at radius 2 is 1.63 bits per heavy atom. The number of urea groups is 1. The molecule has 0 unspecified atom stereocenters. The second kappa shape index (κ2) is 8.64. The highest BCUT2D eigenvalue weighted by atomic mass is 16.5. The van der Waals surface area contributed by atoms with Crippen LogP contribution >= 0.6 is 0 Å². The van der Waals surface area contributed by atoms with Crippen LogP contribution in [0.2, 0.25) is 0 Å². The maximum Gasteiger partial charge on any atom is 0.321 e. The molecular formula is C20H24N2O5. The molecule has 144 valence electrons. The van der Waals surface area contributed by atoms with Gasteiger partial charge in [-0.1, -0.05) is 12.1 Å². The summed E-state index contributed by atoms with van der Waals surface area (Å²) in [5.74, 6) is 1.70. The van der Waals surface area contributed by atoms with Gasteiger partial charge in [-0.3, -0.25) is 0 Å². The number of carbonyl (C=O) groups excluding carboxylic acids is 1. The summed E-state index contributed by atoms with van der Waals surface area (Å²) in [4.78, 5) is 14.1. The Hall–Kier alpha value is -2.93. The molecule has 1 saturated heterocycles. The minimum atomic E-state index is -0.125. The van der Waals surface area contributed by atoms with E-state index in [0.29, 0.717) is 43.6 Å². The molecule has 0 atom stereocenters. The van der Waals surface area contributed by atoms with E-state index < -0.39 is 0 Å². The number of amides is 2. The predicted octanol–water partition coefficient (Wildman–Crippen LogP) is 3.24. The third kappa shape index (κ3) is 4.25. The second-order valence-corrected chi connectivity index (χ2v) is 6.02. The van der Waals surface area contributed by atoms with Crippen molar-refractivity contribution >= 4 is 11.7 Å². The standard InChI is InChI=1S/C20H24N2O5/c1-24-17-12-15(13-18(25-2)19(17)26-3)14-5-4-6-16(11-14)21-20(23)22-7-9-27-10-8-22/h4-6,11-13H,7-10H2,1-3H3,(H,21,23). The number of benzene rings is 2. The SMILES string of the molecule is COc1cc(-c2cccc(NC(=O)N3CCOCC3)c2)cc(OC)c1OC. The molecular weight excluding hydrogens is 348 g/mol. The Balaban J connectivity index is 1.85. The molecule has 0 saturated carbocycles. The molecule has 0 bridgehead atoms. The molecule has 1 N–H and O–H groups in total. The Kier molecular flexibility index (Phi) is 6.03. The van der Waals surface area contributed by atoms with Gasteiger partial charge in [0, 0.05) is 18.8 Å². The van der Waals surface area contributed by atoms with Gasteiger partial charge in [0.05, 0.1) is 34.5 Å². The molecule has 0 spiro atoms. The third-order valence-corrected chi connectivity index (χ3v) is 4.41. The molecule has 1 aliphatic rings. The fourth-order valence-corrected chi connectivity index (χ4v) is 2.99. The highest BCUT2D eigenvalue weighted by Gasteiger charge is 2.17. The van der Waals surface area contributed by atoms with Crippen LogP contribution < -0.4 is 19.5 Å². The lowest BCUT2D eigenvalue weighted by molar-refractivity contribution is 0.0564. The lowest BCUT2D eigenvalue weighted by Gasteiger charge is -2.27. The molecule has 1 fully saturated rings. The Morgan fingerprint density at radius 1 is 0.963 bits per heavy atom. The first-order valence-corrected chi connectivity index (χ1v) is 8.70. The molecule has 2 amide bonds. The van der Waals surface area contributed by atoms with Crippen LogP contribution in [-0.4, -0.2) is 58.6 Å². The normalized spacial score (nSPS) is 13.8. The molecule has 0 aliphatic carbocycles. The van der Waals surface area contributed by atoms with Crippen LogP contribution in [0, 0.1) is 0 Å². The number of hydrogen-bond acceptors (Lipinski definition) is 5. The van der Waals surface area contributed by atoms with Gasteiger partial charge in [-0.25, -0.2) is 4.79 Å². The van der Waals surface area contributed by atoms with E-state index in [1.807, 2.05) is 36.4 Å². The summed E-state index contributed by atoms with van der Waals surface area (Å²) >= 11 is 0. The number of nitrogens with zero attached hydrogens (tertiary/aromatic N) is 1. The summed E-state index contributed by atoms with van der Waals surface area (Å²) in [6, 6.07) is 11.3. The van der Waals surface area contributed by atoms with Crippen molar-refractivity contribution in [3.63, 3.8) is 0 Å². The van der Waals surface area contributed by atoms with Gasteiger partial charge in [0.2, 0.25) is 5.75 Å². The lowest BCUT2D eigenvalue weighted by atomic mass is 10.0. The van der Waals surface area contributed by atoms with Crippen LogP contribution in [-0.2, 0) is 4.74 Å². The summed E-state index contributed by atoms with van der Waals surface area (Å²) in [6.45, 7) is 2.33. The molecule has 2 aromatic carbocycles. The highest BCUT2D eigenvalue weighted by Crippen LogP contribution is 2.41. The highest BCUT2D eigenvalue weighted by molar-refractivity contribution is 5.90. The van der Waals surface area contributed by atoms with Gasteiger partial charge in [-0.15, -0.1) is 0 Å². The van der Waals surface area contributed by atoms with E-state index in [9.17, 15) is 4.79 Å². The maximum atomic E-state index is 12.4. The van der Waals surface area contributed by atoms with E-state index in [2.05, 4.69) is 5.32 Å². The molecule has 1 aliphatic heterocycles. The molecule has 2 aromatic rings. The van der Waals surface area contributed by atoms with E-state index in [1.165, 1.54) is 0 Å². The minimum Gasteiger partial charge on any atom is -0.493 e. The Labute approximate surface area is 158 Å². The van der Waals surface area contributed by atoms with Crippen LogP contribution in [0.4, 0.5) is 10.5 Å². The average molecular weight is 372 g/mol. The number of ether oxygens (including phenoxy) is 4. The monoisotopic (exact) mass is 372 g/mol. The second-order valence-electron chi connectivity index (χ2n) is 6.02. The quantitative estimate of drug-likeness (QED) is 0.873. The van der Waals surface area contributed by atoms with Crippen molar-refractivity contribution in [1.82, 2.24) is 4.90 Å². The molecule has 0 aromatic heterocycles. The van der Waals surface area contributed by atoms with E-state index in [4.69, 9.17) is 18.9 Å². The Morgan fingerprint density at radius 3 is 2.22 bits per heavy atom. The van der Waals surface area contributed by atoms with Gasteiger partial charge in [0.25, 0.3) is 0 Å². The van der Waals surface area contributed by atoms with Crippen LogP contribution in [0.15, 0.2) is 36.4 Å². The van der Waals surface area contributed by atoms with Gasteiger partial charge in [-0.05, 0) is 35.4 Å². The van der Waals surface area contributed by atoms with Gasteiger partial charge in [0.1, 0.15) is 0 Å². The largest absolute Gasteiger partial charge is 0.493 e. The van der Waals surface area contributed by atoms with E-state index in [1.54, 1.807) is 26.2 Å². The fourth-order valence-electron chi connectivity index (χ4n) is 2.99. The van der Waals surface area contributed by atoms with Crippen LogP contribution in [0.5, 0.6) is 17.2 Å². The lowest BCUT2D eigenvalue weighted by Crippen LogP contribution is -2.43. The van der Waals surface area contributed by atoms with E-state index in [0.717, 1.165) is 16.8 Å². The van der Waals surface area contributed by atoms with Crippen molar-refractivity contribution in [3.8, 4) is 28.4 Å². The number of anilines is 1. The van der Waals surface area contributed by atoms with Gasteiger partial charge >= 0.3 is 6.03 Å². The van der Waals surface area contributed by atoms with Crippen LogP contribution in [0.1, 0.15) is 0 Å². The predicted molar refractivity (Wildman–Crippen MR) is 103 cm³/mol. The summed E-state index contributed by atoms with van der Waals surface area (Å²) in [7, 11) is 4.74. The van der Waals surface area contributed by atoms with Crippen LogP contribution in [0.3, 0.4) is 0 Å². The van der Waals surface area contributed by atoms with E-state index in [-0.39, 0.29) is 6.03 Å². The number of hydrogen-bond donors (Lipinski definition) is 1. The average Bonchev–Trinajstić information content (AvgIpc) is 2.73. The molecule has 1 heterocycles. The van der Waals surface area contributed by atoms with Gasteiger partial charge in [0.15, 0.2) is 11.5 Å². The van der Waals surface area contributed by atoms with Crippen molar-refractivity contribution in [2.75, 3.05) is 52.9 Å². The summed E-state index contributed by atoms with van der Waals surface area (Å²) in [5.41, 5.74) is 2.54. The first-order chi connectivity index (χ1) is 13.2. The number of carbonyl (C=O) groups is 1. The van der Waals surface area contributed by atoms with Crippen molar-refractivity contribution in [3.05, 3.63) is 36.4 Å². The first kappa shape index (κ1) is 18.8. The van der Waals surface area contributed by atoms with Crippen molar-refractivity contribution in [1.29, 1.82) is 0 Å². The zero-order valence-corrected chi connectivity index (χ0v) is 15.8. The number of nitrogens with one attached hydrogen (secondary N) is 1. The topological polar surface area (TPSA) is 69.3 Å². The van der Waals surface area contributed by atoms with Crippen LogP contribution in [0.25, 0.3) is 11.1 Å². The summed E-state index contributed by atoms with van der Waals surface area (Å²) < 4.78 is 21.5. The summed E-state index contributed by atoms with van der Waals surface area (Å²) in [5, 5.41) is 2.95. The van der Waals surface area contributed by atoms with E-state index >= 15 is 0 Å². The van der Waals surface area contributed by atoms with Gasteiger partial charge in [-0.2, -0.15) is 0 Å². The molecule has 7 heteroatoms. The van der Waals surface area contributed by atoms with Crippen molar-refractivity contribution < 1.29 is 23.7 Å². The Bertz CT molecular complexity index is 778. The fraction of sp³-hybridized carbons (Fsp3) is 0.350. The zero-order chi connectivity index (χ0) is 19.2. The smallest absolute Gasteiger partial charge is 0.321 e. The molecule has 0 radical (unpaired) electrons. The number of rotatable bonds is 5. The zero-order valence-electron chi connectivity index (χ0n) is 15.8. The summed E-state index contributed by atoms with van der Waals surface area (Å²) in [6.07, 6.45) is 0. The minimum absolute atomic E-state index is 0.125. The number of methoxy groups -OCH3 is 3. The maximum absolute atomic E-state index is 12.4. The third-order valence-electron chi connectivity index (χ3n) is 4.41. The van der Waals surface area contributed by atoms with Gasteiger partial charge < -0.3 is 29.2 Å². The molecule has 7 nitrogen and oxygen atoms in total. The molecule has 27 heavy (non-hydrogen) atoms. The van der Waals surface area contributed by atoms with Crippen molar-refractivity contribution in [2.45, 2.75) is 0 Å². The number of morpholine rings is 1. The molecule has 3 rings (SSSR count).